The molecule has 2 aromatic carbocycles. The fourth-order valence-electron chi connectivity index (χ4n) is 4.32. The zero-order chi connectivity index (χ0) is 22.6. The molecule has 1 heterocycles. The van der Waals surface area contributed by atoms with Gasteiger partial charge in [0.2, 0.25) is 5.91 Å². The highest BCUT2D eigenvalue weighted by Crippen LogP contribution is 2.42. The first-order valence-electron chi connectivity index (χ1n) is 10.7. The van der Waals surface area contributed by atoms with Crippen molar-refractivity contribution in [2.45, 2.75) is 46.1 Å². The smallest absolute Gasteiger partial charge is 0.410 e. The van der Waals surface area contributed by atoms with Crippen LogP contribution in [0.3, 0.4) is 0 Å². The summed E-state index contributed by atoms with van der Waals surface area (Å²) in [5.74, 6) is 0.651. The van der Waals surface area contributed by atoms with Crippen molar-refractivity contribution < 1.29 is 14.3 Å². The van der Waals surface area contributed by atoms with E-state index in [9.17, 15) is 9.59 Å². The number of carbonyl (C=O) groups excluding carboxylic acids is 2. The first-order valence-corrected chi connectivity index (χ1v) is 11.1. The average molecular weight is 443 g/mol. The molecule has 2 unspecified atom stereocenters. The number of para-hydroxylation sites is 1. The Morgan fingerprint density at radius 3 is 2.32 bits per heavy atom. The Kier molecular flexibility index (Phi) is 7.26. The summed E-state index contributed by atoms with van der Waals surface area (Å²) in [6.07, 6.45) is 0.244. The summed E-state index contributed by atoms with van der Waals surface area (Å²) in [5, 5.41) is 3.50. The van der Waals surface area contributed by atoms with E-state index in [4.69, 9.17) is 16.3 Å². The van der Waals surface area contributed by atoms with Crippen LogP contribution in [0, 0.1) is 11.3 Å². The van der Waals surface area contributed by atoms with Crippen molar-refractivity contribution in [1.29, 1.82) is 0 Å². The third-order valence-electron chi connectivity index (χ3n) is 5.97. The van der Waals surface area contributed by atoms with E-state index in [2.05, 4.69) is 31.3 Å². The minimum atomic E-state index is -0.640. The van der Waals surface area contributed by atoms with Crippen molar-refractivity contribution in [3.63, 3.8) is 0 Å². The molecule has 0 aromatic heterocycles. The molecule has 0 bridgehead atoms. The second-order valence-electron chi connectivity index (χ2n) is 9.21. The van der Waals surface area contributed by atoms with Crippen LogP contribution in [0.2, 0.25) is 5.02 Å². The van der Waals surface area contributed by atoms with Gasteiger partial charge < -0.3 is 15.0 Å². The Morgan fingerprint density at radius 1 is 1.10 bits per heavy atom. The number of nitrogens with zero attached hydrogens (tertiary/aromatic N) is 1. The molecule has 2 amide bonds. The van der Waals surface area contributed by atoms with Gasteiger partial charge in [0.05, 0.1) is 0 Å². The molecule has 31 heavy (non-hydrogen) atoms. The van der Waals surface area contributed by atoms with Crippen LogP contribution in [0.5, 0.6) is 5.75 Å². The van der Waals surface area contributed by atoms with E-state index in [1.165, 1.54) is 5.56 Å². The van der Waals surface area contributed by atoms with Crippen molar-refractivity contribution in [3.8, 4) is 5.75 Å². The molecule has 0 radical (unpaired) electrons. The maximum atomic E-state index is 13.3. The Hall–Kier alpha value is -2.53. The molecule has 2 aromatic rings. The van der Waals surface area contributed by atoms with E-state index in [0.29, 0.717) is 24.8 Å². The van der Waals surface area contributed by atoms with Gasteiger partial charge in [0.1, 0.15) is 11.8 Å². The van der Waals surface area contributed by atoms with Gasteiger partial charge in [0.15, 0.2) is 0 Å². The predicted molar refractivity (Wildman–Crippen MR) is 123 cm³/mol. The minimum absolute atomic E-state index is 0.0621. The normalized spacial score (nSPS) is 19.0. The molecule has 1 aliphatic heterocycles. The van der Waals surface area contributed by atoms with Crippen LogP contribution in [0.4, 0.5) is 4.79 Å². The Balaban J connectivity index is 1.67. The number of likely N-dealkylation sites (tertiary alicyclic amines) is 1. The summed E-state index contributed by atoms with van der Waals surface area (Å²) in [6, 6.07) is 16.2. The van der Waals surface area contributed by atoms with Crippen LogP contribution in [0.15, 0.2) is 54.6 Å². The monoisotopic (exact) mass is 442 g/mol. The summed E-state index contributed by atoms with van der Waals surface area (Å²) in [4.78, 5) is 27.6. The Labute approximate surface area is 189 Å². The maximum Gasteiger partial charge on any atom is 0.413 e. The number of piperidine rings is 1. The largest absolute Gasteiger partial charge is 0.413 e. The number of ether oxygens (including phenoxy) is 1. The third kappa shape index (κ3) is 5.79. The molecule has 0 saturated carbocycles. The van der Waals surface area contributed by atoms with Crippen LogP contribution in [-0.2, 0) is 4.79 Å². The standard InChI is InChI=1S/C25H31ClN2O3/c1-17(2)22(27-24(30)31-20-8-6-5-7-9-20)23(29)28-15-14-21(25(3,4)16-28)18-10-12-19(26)13-11-18/h5-13,17,21-22H,14-16H2,1-4H3,(H,27,30). The summed E-state index contributed by atoms with van der Waals surface area (Å²) in [5.41, 5.74) is 1.14. The average Bonchev–Trinajstić information content (AvgIpc) is 2.72. The summed E-state index contributed by atoms with van der Waals surface area (Å²) < 4.78 is 5.33. The van der Waals surface area contributed by atoms with E-state index < -0.39 is 12.1 Å². The van der Waals surface area contributed by atoms with E-state index in [1.54, 1.807) is 24.3 Å². The Bertz CT molecular complexity index is 897. The topological polar surface area (TPSA) is 58.6 Å². The van der Waals surface area contributed by atoms with Gasteiger partial charge >= 0.3 is 6.09 Å². The second kappa shape index (κ2) is 9.73. The van der Waals surface area contributed by atoms with Crippen LogP contribution >= 0.6 is 11.6 Å². The summed E-state index contributed by atoms with van der Waals surface area (Å²) >= 11 is 6.05. The number of hydrogen-bond donors (Lipinski definition) is 1. The molecule has 0 aliphatic carbocycles. The van der Waals surface area contributed by atoms with Crippen molar-refractivity contribution in [3.05, 3.63) is 65.2 Å². The highest BCUT2D eigenvalue weighted by atomic mass is 35.5. The highest BCUT2D eigenvalue weighted by Gasteiger charge is 2.40. The van der Waals surface area contributed by atoms with Crippen LogP contribution < -0.4 is 10.1 Å². The maximum absolute atomic E-state index is 13.3. The fourth-order valence-corrected chi connectivity index (χ4v) is 4.45. The lowest BCUT2D eigenvalue weighted by atomic mass is 9.70. The van der Waals surface area contributed by atoms with Gasteiger partial charge in [-0.15, -0.1) is 0 Å². The first-order chi connectivity index (χ1) is 14.7. The van der Waals surface area contributed by atoms with E-state index >= 15 is 0 Å². The van der Waals surface area contributed by atoms with E-state index in [0.717, 1.165) is 11.4 Å². The zero-order valence-corrected chi connectivity index (χ0v) is 19.4. The third-order valence-corrected chi connectivity index (χ3v) is 6.23. The Morgan fingerprint density at radius 2 is 1.74 bits per heavy atom. The lowest BCUT2D eigenvalue weighted by Crippen LogP contribution is -2.56. The first kappa shape index (κ1) is 23.1. The molecule has 2 atom stereocenters. The zero-order valence-electron chi connectivity index (χ0n) is 18.6. The van der Waals surface area contributed by atoms with Crippen molar-refractivity contribution in [2.24, 2.45) is 11.3 Å². The number of benzene rings is 2. The molecule has 1 aliphatic rings. The summed E-state index contributed by atoms with van der Waals surface area (Å²) in [7, 11) is 0. The van der Waals surface area contributed by atoms with Crippen molar-refractivity contribution >= 4 is 23.6 Å². The fraction of sp³-hybridized carbons (Fsp3) is 0.440. The van der Waals surface area contributed by atoms with Gasteiger partial charge in [-0.2, -0.15) is 0 Å². The minimum Gasteiger partial charge on any atom is -0.410 e. The van der Waals surface area contributed by atoms with E-state index in [-0.39, 0.29) is 17.2 Å². The molecule has 1 fully saturated rings. The molecule has 6 heteroatoms. The predicted octanol–water partition coefficient (Wildman–Crippen LogP) is 5.50. The van der Waals surface area contributed by atoms with Crippen molar-refractivity contribution in [1.82, 2.24) is 10.2 Å². The molecular formula is C25H31ClN2O3. The van der Waals surface area contributed by atoms with Gasteiger partial charge in [-0.3, -0.25) is 4.79 Å². The lowest BCUT2D eigenvalue weighted by Gasteiger charge is -2.45. The molecule has 0 spiro atoms. The number of nitrogens with one attached hydrogen (secondary N) is 1. The molecule has 166 valence electrons. The van der Waals surface area contributed by atoms with Gasteiger partial charge in [-0.25, -0.2) is 4.79 Å². The quantitative estimate of drug-likeness (QED) is 0.665. The van der Waals surface area contributed by atoms with E-state index in [1.807, 2.05) is 36.9 Å². The second-order valence-corrected chi connectivity index (χ2v) is 9.65. The molecule has 3 rings (SSSR count). The SMILES string of the molecule is CC(C)C(NC(=O)Oc1ccccc1)C(=O)N1CCC(c2ccc(Cl)cc2)C(C)(C)C1. The van der Waals surface area contributed by atoms with Crippen LogP contribution in [-0.4, -0.2) is 36.0 Å². The summed E-state index contributed by atoms with van der Waals surface area (Å²) in [6.45, 7) is 9.50. The van der Waals surface area contributed by atoms with Crippen LogP contribution in [0.1, 0.15) is 45.6 Å². The number of carbonyl (C=O) groups is 2. The van der Waals surface area contributed by atoms with Gasteiger partial charge in [0.25, 0.3) is 0 Å². The lowest BCUT2D eigenvalue weighted by molar-refractivity contribution is -0.138. The molecule has 1 saturated heterocycles. The number of amides is 2. The van der Waals surface area contributed by atoms with Crippen molar-refractivity contribution in [2.75, 3.05) is 13.1 Å². The highest BCUT2D eigenvalue weighted by molar-refractivity contribution is 6.30. The van der Waals surface area contributed by atoms with Crippen LogP contribution in [0.25, 0.3) is 0 Å². The molecule has 1 N–H and O–H groups in total. The molecular weight excluding hydrogens is 412 g/mol. The van der Waals surface area contributed by atoms with Gasteiger partial charge in [-0.1, -0.05) is 69.6 Å². The number of halogens is 1. The van der Waals surface area contributed by atoms with Gasteiger partial charge in [-0.05, 0) is 53.5 Å². The number of hydrogen-bond acceptors (Lipinski definition) is 3. The molecule has 5 nitrogen and oxygen atoms in total. The van der Waals surface area contributed by atoms with Gasteiger partial charge in [0, 0.05) is 18.1 Å². The number of rotatable bonds is 5.